The van der Waals surface area contributed by atoms with Crippen LogP contribution in [-0.4, -0.2) is 81.5 Å². The first-order valence-electron chi connectivity index (χ1n) is 8.45. The number of likely N-dealkylation sites (tertiary alicyclic amines) is 1. The molecule has 7 heteroatoms. The summed E-state index contributed by atoms with van der Waals surface area (Å²) in [5, 5.41) is 0. The zero-order chi connectivity index (χ0) is 15.6. The minimum absolute atomic E-state index is 0.139. The zero-order valence-electron chi connectivity index (χ0n) is 13.5. The molecule has 1 spiro atoms. The molecule has 0 aromatic heterocycles. The van der Waals surface area contributed by atoms with Crippen molar-refractivity contribution in [1.29, 1.82) is 0 Å². The van der Waals surface area contributed by atoms with Crippen molar-refractivity contribution in [2.45, 2.75) is 31.8 Å². The van der Waals surface area contributed by atoms with E-state index in [0.717, 1.165) is 19.6 Å². The largest absolute Gasteiger partial charge is 0.377 e. The second kappa shape index (κ2) is 6.73. The van der Waals surface area contributed by atoms with Crippen molar-refractivity contribution in [2.24, 2.45) is 5.92 Å². The van der Waals surface area contributed by atoms with Gasteiger partial charge >= 0.3 is 0 Å². The van der Waals surface area contributed by atoms with Crippen LogP contribution in [0.25, 0.3) is 0 Å². The van der Waals surface area contributed by atoms with E-state index in [2.05, 4.69) is 4.90 Å². The number of nitrogens with zero attached hydrogens (tertiary/aromatic N) is 2. The second-order valence-electron chi connectivity index (χ2n) is 6.86. The van der Waals surface area contributed by atoms with Gasteiger partial charge in [0.25, 0.3) is 0 Å². The quantitative estimate of drug-likeness (QED) is 0.752. The molecule has 0 unspecified atom stereocenters. The maximum Gasteiger partial charge on any atom is 0.214 e. The van der Waals surface area contributed by atoms with Crippen molar-refractivity contribution >= 4 is 10.0 Å². The SMILES string of the molecule is CCS(=O)(=O)N1CCOC[C@@]2(C[C@@H](CN3CCCC3)CO2)C1. The maximum absolute atomic E-state index is 12.2. The third-order valence-corrected chi connectivity index (χ3v) is 6.90. The lowest BCUT2D eigenvalue weighted by Gasteiger charge is -2.30. The summed E-state index contributed by atoms with van der Waals surface area (Å²) < 4.78 is 37.8. The minimum Gasteiger partial charge on any atom is -0.377 e. The number of hydrogen-bond donors (Lipinski definition) is 0. The minimum atomic E-state index is -3.18. The van der Waals surface area contributed by atoms with E-state index < -0.39 is 15.6 Å². The van der Waals surface area contributed by atoms with Gasteiger partial charge in [-0.05, 0) is 45.2 Å². The molecule has 3 aliphatic heterocycles. The molecule has 0 aromatic carbocycles. The fraction of sp³-hybridized carbons (Fsp3) is 1.00. The van der Waals surface area contributed by atoms with Crippen LogP contribution in [0.5, 0.6) is 0 Å². The average molecular weight is 332 g/mol. The van der Waals surface area contributed by atoms with Crippen LogP contribution in [0.4, 0.5) is 0 Å². The topological polar surface area (TPSA) is 59.1 Å². The molecule has 0 amide bonds. The first-order chi connectivity index (χ1) is 10.5. The molecule has 0 N–H and O–H groups in total. The summed E-state index contributed by atoms with van der Waals surface area (Å²) in [5.74, 6) is 0.631. The Morgan fingerprint density at radius 3 is 2.73 bits per heavy atom. The molecule has 128 valence electrons. The van der Waals surface area contributed by atoms with Crippen LogP contribution in [0.3, 0.4) is 0 Å². The van der Waals surface area contributed by atoms with Crippen molar-refractivity contribution in [3.8, 4) is 0 Å². The van der Waals surface area contributed by atoms with E-state index in [0.29, 0.717) is 32.2 Å². The fourth-order valence-electron chi connectivity index (χ4n) is 3.89. The molecule has 3 heterocycles. The van der Waals surface area contributed by atoms with Crippen LogP contribution in [0.2, 0.25) is 0 Å². The fourth-order valence-corrected chi connectivity index (χ4v) is 5.04. The molecular weight excluding hydrogens is 304 g/mol. The van der Waals surface area contributed by atoms with Gasteiger partial charge in [0.15, 0.2) is 0 Å². The lowest BCUT2D eigenvalue weighted by atomic mass is 9.94. The Balaban J connectivity index is 1.64. The summed E-state index contributed by atoms with van der Waals surface area (Å²) in [6.45, 7) is 7.73. The highest BCUT2D eigenvalue weighted by Crippen LogP contribution is 2.34. The summed E-state index contributed by atoms with van der Waals surface area (Å²) >= 11 is 0. The third kappa shape index (κ3) is 3.64. The second-order valence-corrected chi connectivity index (χ2v) is 9.12. The molecule has 3 saturated heterocycles. The predicted octanol–water partition coefficient (Wildman–Crippen LogP) is 0.539. The molecule has 3 aliphatic rings. The van der Waals surface area contributed by atoms with Crippen molar-refractivity contribution in [3.63, 3.8) is 0 Å². The summed E-state index contributed by atoms with van der Waals surface area (Å²) in [7, 11) is -3.18. The highest BCUT2D eigenvalue weighted by Gasteiger charge is 2.45. The van der Waals surface area contributed by atoms with Crippen LogP contribution in [-0.2, 0) is 19.5 Å². The lowest BCUT2D eigenvalue weighted by Crippen LogP contribution is -2.46. The van der Waals surface area contributed by atoms with Gasteiger partial charge in [0.05, 0.1) is 25.6 Å². The van der Waals surface area contributed by atoms with E-state index in [1.165, 1.54) is 25.9 Å². The maximum atomic E-state index is 12.2. The van der Waals surface area contributed by atoms with E-state index in [-0.39, 0.29) is 5.75 Å². The van der Waals surface area contributed by atoms with Gasteiger partial charge in [-0.3, -0.25) is 0 Å². The lowest BCUT2D eigenvalue weighted by molar-refractivity contribution is -0.0512. The summed E-state index contributed by atoms with van der Waals surface area (Å²) in [6.07, 6.45) is 3.49. The smallest absolute Gasteiger partial charge is 0.214 e. The molecule has 0 saturated carbocycles. The van der Waals surface area contributed by atoms with Crippen LogP contribution in [0, 0.1) is 5.92 Å². The van der Waals surface area contributed by atoms with E-state index in [1.807, 2.05) is 0 Å². The number of ether oxygens (including phenoxy) is 2. The molecule has 0 bridgehead atoms. The third-order valence-electron chi connectivity index (χ3n) is 5.07. The Bertz CT molecular complexity index is 478. The van der Waals surface area contributed by atoms with Gasteiger partial charge in [0, 0.05) is 19.6 Å². The normalized spacial score (nSPS) is 35.2. The molecule has 6 nitrogen and oxygen atoms in total. The first kappa shape index (κ1) is 16.6. The van der Waals surface area contributed by atoms with Gasteiger partial charge in [0.2, 0.25) is 10.0 Å². The van der Waals surface area contributed by atoms with Crippen molar-refractivity contribution in [3.05, 3.63) is 0 Å². The van der Waals surface area contributed by atoms with Gasteiger partial charge in [-0.2, -0.15) is 4.31 Å². The highest BCUT2D eigenvalue weighted by atomic mass is 32.2. The van der Waals surface area contributed by atoms with Gasteiger partial charge in [-0.15, -0.1) is 0 Å². The summed E-state index contributed by atoms with van der Waals surface area (Å²) in [5.41, 5.74) is -0.441. The highest BCUT2D eigenvalue weighted by molar-refractivity contribution is 7.89. The Hall–Kier alpha value is -0.210. The van der Waals surface area contributed by atoms with E-state index >= 15 is 0 Å². The van der Waals surface area contributed by atoms with Crippen molar-refractivity contribution in [2.75, 3.05) is 58.3 Å². The predicted molar refractivity (Wildman–Crippen MR) is 84.3 cm³/mol. The standard InChI is InChI=1S/C15H28N2O4S/c1-2-22(18,19)17-7-8-20-13-15(12-17)9-14(11-21-15)10-16-5-3-4-6-16/h14H,2-13H2,1H3/t14-,15+/m0/s1. The Morgan fingerprint density at radius 2 is 2.00 bits per heavy atom. The van der Waals surface area contributed by atoms with Crippen LogP contribution in [0.15, 0.2) is 0 Å². The first-order valence-corrected chi connectivity index (χ1v) is 10.1. The molecule has 22 heavy (non-hydrogen) atoms. The number of hydrogen-bond acceptors (Lipinski definition) is 5. The van der Waals surface area contributed by atoms with Gasteiger partial charge in [0.1, 0.15) is 5.60 Å². The van der Waals surface area contributed by atoms with Gasteiger partial charge < -0.3 is 14.4 Å². The van der Waals surface area contributed by atoms with E-state index in [9.17, 15) is 8.42 Å². The monoisotopic (exact) mass is 332 g/mol. The molecule has 0 radical (unpaired) electrons. The Morgan fingerprint density at radius 1 is 1.23 bits per heavy atom. The molecular formula is C15H28N2O4S. The van der Waals surface area contributed by atoms with Crippen LogP contribution in [0.1, 0.15) is 26.2 Å². The van der Waals surface area contributed by atoms with Gasteiger partial charge in [-0.1, -0.05) is 0 Å². The van der Waals surface area contributed by atoms with Gasteiger partial charge in [-0.25, -0.2) is 8.42 Å². The van der Waals surface area contributed by atoms with Crippen LogP contribution >= 0.6 is 0 Å². The zero-order valence-corrected chi connectivity index (χ0v) is 14.3. The molecule has 2 atom stereocenters. The van der Waals surface area contributed by atoms with Crippen LogP contribution < -0.4 is 0 Å². The summed E-state index contributed by atoms with van der Waals surface area (Å²) in [4.78, 5) is 2.51. The number of sulfonamides is 1. The average Bonchev–Trinajstić information content (AvgIpc) is 3.07. The number of rotatable bonds is 4. The Kier molecular flexibility index (Phi) is 5.09. The Labute approximate surface area is 133 Å². The molecule has 0 aromatic rings. The molecule has 3 fully saturated rings. The summed E-state index contributed by atoms with van der Waals surface area (Å²) in [6, 6.07) is 0. The van der Waals surface area contributed by atoms with Crippen molar-refractivity contribution < 1.29 is 17.9 Å². The van der Waals surface area contributed by atoms with E-state index in [4.69, 9.17) is 9.47 Å². The van der Waals surface area contributed by atoms with Crippen molar-refractivity contribution in [1.82, 2.24) is 9.21 Å². The van der Waals surface area contributed by atoms with E-state index in [1.54, 1.807) is 11.2 Å². The molecule has 0 aliphatic carbocycles. The molecule has 3 rings (SSSR count).